The van der Waals surface area contributed by atoms with Crippen LogP contribution in [0.2, 0.25) is 0 Å². The number of aromatic nitrogens is 3. The lowest BCUT2D eigenvalue weighted by Gasteiger charge is -2.33. The molecule has 150 valence electrons. The molecule has 0 amide bonds. The zero-order chi connectivity index (χ0) is 19.5. The maximum Gasteiger partial charge on any atom is 0.233 e. The molecule has 2 aliphatic heterocycles. The Balaban J connectivity index is 1.64. The predicted molar refractivity (Wildman–Crippen MR) is 116 cm³/mol. The molecule has 2 atom stereocenters. The van der Waals surface area contributed by atoms with Gasteiger partial charge in [-0.15, -0.1) is 0 Å². The molecule has 2 aromatic rings. The van der Waals surface area contributed by atoms with Gasteiger partial charge in [-0.25, -0.2) is 0 Å². The van der Waals surface area contributed by atoms with E-state index in [1.807, 2.05) is 24.3 Å². The summed E-state index contributed by atoms with van der Waals surface area (Å²) >= 11 is 3.46. The summed E-state index contributed by atoms with van der Waals surface area (Å²) in [5, 5.41) is 3.31. The summed E-state index contributed by atoms with van der Waals surface area (Å²) in [7, 11) is 0. The van der Waals surface area contributed by atoms with Gasteiger partial charge in [-0.1, -0.05) is 15.9 Å². The van der Waals surface area contributed by atoms with E-state index in [0.29, 0.717) is 17.8 Å². The topological polar surface area (TPSA) is 109 Å². The Kier molecular flexibility index (Phi) is 5.93. The highest BCUT2D eigenvalue weighted by molar-refractivity contribution is 9.10. The summed E-state index contributed by atoms with van der Waals surface area (Å²) in [6.45, 7) is 3.35. The fraction of sp³-hybridized carbons (Fsp3) is 0.526. The lowest BCUT2D eigenvalue weighted by molar-refractivity contribution is 0.492. The predicted octanol–water partition coefficient (Wildman–Crippen LogP) is 2.23. The van der Waals surface area contributed by atoms with Crippen LogP contribution in [0.3, 0.4) is 0 Å². The number of hydrogen-bond donors (Lipinski definition) is 3. The third kappa shape index (κ3) is 4.71. The second-order valence-electron chi connectivity index (χ2n) is 7.59. The zero-order valence-electron chi connectivity index (χ0n) is 15.9. The van der Waals surface area contributed by atoms with Gasteiger partial charge in [0.05, 0.1) is 0 Å². The Labute approximate surface area is 173 Å². The van der Waals surface area contributed by atoms with Crippen molar-refractivity contribution in [2.75, 3.05) is 41.3 Å². The molecule has 0 radical (unpaired) electrons. The molecule has 9 heteroatoms. The summed E-state index contributed by atoms with van der Waals surface area (Å²) in [6, 6.07) is 8.25. The van der Waals surface area contributed by atoms with Crippen LogP contribution in [0.1, 0.15) is 25.7 Å². The van der Waals surface area contributed by atoms with Gasteiger partial charge in [0.15, 0.2) is 0 Å². The van der Waals surface area contributed by atoms with Crippen LogP contribution in [-0.2, 0) is 0 Å². The number of halogens is 1. The number of nitrogens with one attached hydrogen (secondary N) is 1. The van der Waals surface area contributed by atoms with Crippen LogP contribution < -0.4 is 26.6 Å². The first-order valence-corrected chi connectivity index (χ1v) is 10.7. The molecular formula is C19H27BrN8. The highest BCUT2D eigenvalue weighted by Crippen LogP contribution is 2.24. The molecule has 4 rings (SSSR count). The molecule has 5 N–H and O–H groups in total. The van der Waals surface area contributed by atoms with Crippen molar-refractivity contribution in [3.63, 3.8) is 0 Å². The molecule has 1 aromatic carbocycles. The largest absolute Gasteiger partial charge is 0.339 e. The van der Waals surface area contributed by atoms with Crippen molar-refractivity contribution in [2.45, 2.75) is 37.8 Å². The van der Waals surface area contributed by atoms with Crippen molar-refractivity contribution in [3.05, 3.63) is 28.7 Å². The van der Waals surface area contributed by atoms with Gasteiger partial charge in [0, 0.05) is 48.4 Å². The Bertz CT molecular complexity index is 759. The van der Waals surface area contributed by atoms with E-state index in [0.717, 1.165) is 62.0 Å². The van der Waals surface area contributed by atoms with Gasteiger partial charge in [0.1, 0.15) is 0 Å². The number of anilines is 4. The second-order valence-corrected chi connectivity index (χ2v) is 8.50. The first-order chi connectivity index (χ1) is 13.6. The number of rotatable bonds is 4. The van der Waals surface area contributed by atoms with Crippen molar-refractivity contribution in [2.24, 2.45) is 11.5 Å². The third-order valence-electron chi connectivity index (χ3n) is 5.19. The molecule has 1 aromatic heterocycles. The highest BCUT2D eigenvalue weighted by Gasteiger charge is 2.24. The molecule has 2 saturated heterocycles. The van der Waals surface area contributed by atoms with Crippen LogP contribution >= 0.6 is 15.9 Å². The molecule has 8 nitrogen and oxygen atoms in total. The standard InChI is InChI=1S/C19H27BrN8/c20-13-5-7-16(8-6-13)23-17-24-18(27-9-1-3-14(21)11-27)26-19(25-17)28-10-2-4-15(22)12-28/h5-8,14-15H,1-4,9-12,21-22H2,(H,23,24,25,26)/t14-,15+. The van der Waals surface area contributed by atoms with Crippen LogP contribution in [0.15, 0.2) is 28.7 Å². The molecule has 0 aliphatic carbocycles. The molecule has 3 heterocycles. The third-order valence-corrected chi connectivity index (χ3v) is 5.72. The molecule has 0 spiro atoms. The Morgan fingerprint density at radius 1 is 0.857 bits per heavy atom. The summed E-state index contributed by atoms with van der Waals surface area (Å²) in [4.78, 5) is 18.5. The van der Waals surface area contributed by atoms with Gasteiger partial charge in [0.25, 0.3) is 0 Å². The minimum absolute atomic E-state index is 0.153. The normalized spacial score (nSPS) is 23.0. The Hall–Kier alpha value is -1.97. The van der Waals surface area contributed by atoms with Gasteiger partial charge < -0.3 is 26.6 Å². The van der Waals surface area contributed by atoms with E-state index in [-0.39, 0.29) is 12.1 Å². The fourth-order valence-electron chi connectivity index (χ4n) is 3.74. The first-order valence-electron chi connectivity index (χ1n) is 9.86. The summed E-state index contributed by atoms with van der Waals surface area (Å²) in [6.07, 6.45) is 4.18. The van der Waals surface area contributed by atoms with E-state index in [1.54, 1.807) is 0 Å². The molecule has 2 fully saturated rings. The van der Waals surface area contributed by atoms with E-state index in [2.05, 4.69) is 31.0 Å². The van der Waals surface area contributed by atoms with Crippen LogP contribution in [0, 0.1) is 0 Å². The zero-order valence-corrected chi connectivity index (χ0v) is 17.5. The molecule has 28 heavy (non-hydrogen) atoms. The minimum atomic E-state index is 0.153. The van der Waals surface area contributed by atoms with Gasteiger partial charge in [-0.3, -0.25) is 0 Å². The quantitative estimate of drug-likeness (QED) is 0.655. The number of hydrogen-bond acceptors (Lipinski definition) is 8. The van der Waals surface area contributed by atoms with Gasteiger partial charge in [0.2, 0.25) is 17.8 Å². The molecule has 2 aliphatic rings. The van der Waals surface area contributed by atoms with E-state index in [1.165, 1.54) is 0 Å². The number of nitrogens with zero attached hydrogens (tertiary/aromatic N) is 5. The van der Waals surface area contributed by atoms with Crippen LogP contribution in [0.25, 0.3) is 0 Å². The van der Waals surface area contributed by atoms with Crippen molar-refractivity contribution >= 4 is 39.5 Å². The van der Waals surface area contributed by atoms with Crippen molar-refractivity contribution in [1.82, 2.24) is 15.0 Å². The van der Waals surface area contributed by atoms with E-state index in [9.17, 15) is 0 Å². The first kappa shape index (κ1) is 19.4. The Morgan fingerprint density at radius 3 is 1.89 bits per heavy atom. The van der Waals surface area contributed by atoms with Gasteiger partial charge in [-0.05, 0) is 49.9 Å². The Morgan fingerprint density at radius 2 is 1.39 bits per heavy atom. The molecule has 0 saturated carbocycles. The average molecular weight is 447 g/mol. The van der Waals surface area contributed by atoms with Crippen molar-refractivity contribution in [1.29, 1.82) is 0 Å². The highest BCUT2D eigenvalue weighted by atomic mass is 79.9. The lowest BCUT2D eigenvalue weighted by Crippen LogP contribution is -2.45. The van der Waals surface area contributed by atoms with Crippen molar-refractivity contribution < 1.29 is 0 Å². The molecular weight excluding hydrogens is 420 g/mol. The average Bonchev–Trinajstić information content (AvgIpc) is 2.69. The summed E-state index contributed by atoms with van der Waals surface area (Å²) in [5.41, 5.74) is 13.3. The maximum atomic E-state index is 6.18. The van der Waals surface area contributed by atoms with Crippen LogP contribution in [0.4, 0.5) is 23.5 Å². The second kappa shape index (κ2) is 8.59. The molecule has 0 bridgehead atoms. The van der Waals surface area contributed by atoms with Crippen molar-refractivity contribution in [3.8, 4) is 0 Å². The summed E-state index contributed by atoms with van der Waals surface area (Å²) < 4.78 is 1.03. The number of benzene rings is 1. The maximum absolute atomic E-state index is 6.18. The summed E-state index contributed by atoms with van der Waals surface area (Å²) in [5.74, 6) is 1.90. The SMILES string of the molecule is N[C@@H]1CCCN(c2nc(Nc3ccc(Br)cc3)nc(N3CCC[C@H](N)C3)n2)C1. The number of piperidine rings is 2. The minimum Gasteiger partial charge on any atom is -0.339 e. The monoisotopic (exact) mass is 446 g/mol. The van der Waals surface area contributed by atoms with Crippen LogP contribution in [0.5, 0.6) is 0 Å². The van der Waals surface area contributed by atoms with E-state index < -0.39 is 0 Å². The fourth-order valence-corrected chi connectivity index (χ4v) is 4.00. The van der Waals surface area contributed by atoms with E-state index in [4.69, 9.17) is 26.4 Å². The lowest BCUT2D eigenvalue weighted by atomic mass is 10.1. The van der Waals surface area contributed by atoms with Gasteiger partial charge in [-0.2, -0.15) is 15.0 Å². The smallest absolute Gasteiger partial charge is 0.233 e. The van der Waals surface area contributed by atoms with E-state index >= 15 is 0 Å². The molecule has 0 unspecified atom stereocenters. The van der Waals surface area contributed by atoms with Gasteiger partial charge >= 0.3 is 0 Å². The van der Waals surface area contributed by atoms with Crippen LogP contribution in [-0.4, -0.2) is 53.2 Å². The number of nitrogens with two attached hydrogens (primary N) is 2.